The fourth-order valence-electron chi connectivity index (χ4n) is 3.02. The van der Waals surface area contributed by atoms with E-state index in [4.69, 9.17) is 0 Å². The SMILES string of the molecule is CC[C@H](C)NC(=O)NC(=O)C[NH+]1CC[NH+](C/C=C/c2ccccc2)CC1. The summed E-state index contributed by atoms with van der Waals surface area (Å²) >= 11 is 0. The molecule has 1 aromatic rings. The number of carbonyl (C=O) groups excluding carboxylic acids is 2. The van der Waals surface area contributed by atoms with Crippen molar-refractivity contribution in [3.05, 3.63) is 42.0 Å². The maximum absolute atomic E-state index is 12.0. The monoisotopic (exact) mass is 360 g/mol. The van der Waals surface area contributed by atoms with Crippen molar-refractivity contribution in [1.82, 2.24) is 10.6 Å². The molecule has 0 aromatic heterocycles. The lowest BCUT2D eigenvalue weighted by Gasteiger charge is -2.28. The van der Waals surface area contributed by atoms with Crippen LogP contribution in [0.4, 0.5) is 4.79 Å². The standard InChI is InChI=1S/C20H30N4O2/c1-3-17(2)21-20(26)22-19(25)16-24-14-12-23(13-15-24)11-7-10-18-8-5-4-6-9-18/h4-10,17H,3,11-16H2,1-2H3,(H2,21,22,25,26)/p+2/b10-7+/t17-/m0/s1. The first-order valence-electron chi connectivity index (χ1n) is 9.56. The lowest BCUT2D eigenvalue weighted by molar-refractivity contribution is -1.01. The van der Waals surface area contributed by atoms with E-state index in [1.165, 1.54) is 15.4 Å². The minimum Gasteiger partial charge on any atom is -0.335 e. The molecule has 3 amide bonds. The normalized spacial score (nSPS) is 21.3. The van der Waals surface area contributed by atoms with Crippen LogP contribution in [0.1, 0.15) is 25.8 Å². The van der Waals surface area contributed by atoms with Crippen molar-refractivity contribution in [2.45, 2.75) is 26.3 Å². The summed E-state index contributed by atoms with van der Waals surface area (Å²) in [5.41, 5.74) is 1.23. The van der Waals surface area contributed by atoms with Crippen LogP contribution in [-0.2, 0) is 4.79 Å². The van der Waals surface area contributed by atoms with E-state index >= 15 is 0 Å². The van der Waals surface area contributed by atoms with Gasteiger partial charge in [0.1, 0.15) is 26.2 Å². The Bertz CT molecular complexity index is 595. The first kappa shape index (κ1) is 20.1. The van der Waals surface area contributed by atoms with Gasteiger partial charge in [0.15, 0.2) is 6.54 Å². The van der Waals surface area contributed by atoms with Gasteiger partial charge in [-0.25, -0.2) is 4.79 Å². The van der Waals surface area contributed by atoms with Crippen LogP contribution in [0.15, 0.2) is 36.4 Å². The van der Waals surface area contributed by atoms with E-state index in [1.54, 1.807) is 0 Å². The van der Waals surface area contributed by atoms with Gasteiger partial charge in [0, 0.05) is 6.04 Å². The number of rotatable bonds is 7. The predicted octanol–water partition coefficient (Wildman–Crippen LogP) is -0.892. The van der Waals surface area contributed by atoms with Gasteiger partial charge in [-0.15, -0.1) is 0 Å². The van der Waals surface area contributed by atoms with E-state index in [-0.39, 0.29) is 18.0 Å². The molecule has 1 aliphatic heterocycles. The van der Waals surface area contributed by atoms with Crippen molar-refractivity contribution >= 4 is 18.0 Å². The largest absolute Gasteiger partial charge is 0.335 e. The van der Waals surface area contributed by atoms with Crippen LogP contribution in [0.3, 0.4) is 0 Å². The molecule has 6 heteroatoms. The summed E-state index contributed by atoms with van der Waals surface area (Å²) in [5, 5.41) is 5.18. The van der Waals surface area contributed by atoms with Gasteiger partial charge in [-0.05, 0) is 25.0 Å². The number of carbonyl (C=O) groups is 2. The van der Waals surface area contributed by atoms with Gasteiger partial charge in [-0.3, -0.25) is 10.1 Å². The minimum absolute atomic E-state index is 0.0752. The Kier molecular flexibility index (Phi) is 8.31. The van der Waals surface area contributed by atoms with Crippen LogP contribution in [0.2, 0.25) is 0 Å². The number of benzene rings is 1. The molecule has 0 aliphatic carbocycles. The van der Waals surface area contributed by atoms with Gasteiger partial charge >= 0.3 is 6.03 Å². The van der Waals surface area contributed by atoms with E-state index in [0.717, 1.165) is 39.1 Å². The number of hydrogen-bond donors (Lipinski definition) is 4. The Hall–Kier alpha value is -2.18. The molecule has 1 heterocycles. The molecule has 1 atom stereocenters. The fraction of sp³-hybridized carbons (Fsp3) is 0.500. The van der Waals surface area contributed by atoms with Crippen LogP contribution in [0, 0.1) is 0 Å². The summed E-state index contributed by atoms with van der Waals surface area (Å²) in [4.78, 5) is 26.5. The molecular formula is C20H32N4O2+2. The quantitative estimate of drug-likeness (QED) is 0.510. The zero-order valence-corrected chi connectivity index (χ0v) is 15.9. The predicted molar refractivity (Wildman–Crippen MR) is 103 cm³/mol. The molecule has 1 saturated heterocycles. The maximum Gasteiger partial charge on any atom is 0.321 e. The molecule has 1 aliphatic rings. The zero-order valence-electron chi connectivity index (χ0n) is 15.9. The molecule has 2 rings (SSSR count). The highest BCUT2D eigenvalue weighted by atomic mass is 16.2. The molecule has 1 aromatic carbocycles. The molecule has 1 fully saturated rings. The summed E-state index contributed by atoms with van der Waals surface area (Å²) in [6.07, 6.45) is 5.23. The van der Waals surface area contributed by atoms with Crippen molar-refractivity contribution in [3.63, 3.8) is 0 Å². The van der Waals surface area contributed by atoms with Crippen molar-refractivity contribution in [2.24, 2.45) is 0 Å². The summed E-state index contributed by atoms with van der Waals surface area (Å²) < 4.78 is 0. The Morgan fingerprint density at radius 2 is 1.77 bits per heavy atom. The van der Waals surface area contributed by atoms with Crippen molar-refractivity contribution in [1.29, 1.82) is 0 Å². The van der Waals surface area contributed by atoms with Gasteiger partial charge in [0.05, 0.1) is 6.54 Å². The van der Waals surface area contributed by atoms with E-state index in [9.17, 15) is 9.59 Å². The maximum atomic E-state index is 12.0. The van der Waals surface area contributed by atoms with E-state index < -0.39 is 0 Å². The second-order valence-corrected chi connectivity index (χ2v) is 7.02. The van der Waals surface area contributed by atoms with Crippen LogP contribution >= 0.6 is 0 Å². The summed E-state index contributed by atoms with van der Waals surface area (Å²) in [6.45, 7) is 9.27. The van der Waals surface area contributed by atoms with Crippen LogP contribution < -0.4 is 20.4 Å². The van der Waals surface area contributed by atoms with Gasteiger partial charge < -0.3 is 15.1 Å². The smallest absolute Gasteiger partial charge is 0.321 e. The van der Waals surface area contributed by atoms with Crippen LogP contribution in [0.5, 0.6) is 0 Å². The number of urea groups is 1. The Labute approximate surface area is 156 Å². The summed E-state index contributed by atoms with van der Waals surface area (Å²) in [7, 11) is 0. The zero-order chi connectivity index (χ0) is 18.8. The first-order chi connectivity index (χ1) is 12.6. The van der Waals surface area contributed by atoms with Crippen LogP contribution in [0.25, 0.3) is 6.08 Å². The summed E-state index contributed by atoms with van der Waals surface area (Å²) in [5.74, 6) is -0.201. The number of amides is 3. The Balaban J connectivity index is 1.64. The number of nitrogens with one attached hydrogen (secondary N) is 4. The van der Waals surface area contributed by atoms with Gasteiger partial charge in [0.25, 0.3) is 5.91 Å². The molecule has 26 heavy (non-hydrogen) atoms. The molecule has 0 unspecified atom stereocenters. The number of imide groups is 1. The van der Waals surface area contributed by atoms with Gasteiger partial charge in [-0.1, -0.05) is 43.3 Å². The fourth-order valence-corrected chi connectivity index (χ4v) is 3.02. The third-order valence-corrected chi connectivity index (χ3v) is 4.83. The van der Waals surface area contributed by atoms with E-state index in [2.05, 4.69) is 34.9 Å². The third-order valence-electron chi connectivity index (χ3n) is 4.83. The molecule has 142 valence electrons. The second-order valence-electron chi connectivity index (χ2n) is 7.02. The average Bonchev–Trinajstić information content (AvgIpc) is 2.63. The average molecular weight is 361 g/mol. The first-order valence-corrected chi connectivity index (χ1v) is 9.56. The van der Waals surface area contributed by atoms with Crippen molar-refractivity contribution in [2.75, 3.05) is 39.3 Å². The molecule has 0 bridgehead atoms. The minimum atomic E-state index is -0.390. The molecule has 0 saturated carbocycles. The highest BCUT2D eigenvalue weighted by Gasteiger charge is 2.24. The molecular weight excluding hydrogens is 328 g/mol. The second kappa shape index (κ2) is 10.7. The van der Waals surface area contributed by atoms with Crippen molar-refractivity contribution < 1.29 is 19.4 Å². The molecule has 0 radical (unpaired) electrons. The Morgan fingerprint density at radius 3 is 2.42 bits per heavy atom. The van der Waals surface area contributed by atoms with E-state index in [1.807, 2.05) is 32.0 Å². The summed E-state index contributed by atoms with van der Waals surface area (Å²) in [6, 6.07) is 10.00. The molecule has 4 N–H and O–H groups in total. The lowest BCUT2D eigenvalue weighted by Crippen LogP contribution is -3.28. The lowest BCUT2D eigenvalue weighted by atomic mass is 10.2. The highest BCUT2D eigenvalue weighted by molar-refractivity contribution is 5.94. The number of quaternary nitrogens is 2. The molecule has 6 nitrogen and oxygen atoms in total. The Morgan fingerprint density at radius 1 is 1.12 bits per heavy atom. The topological polar surface area (TPSA) is 67.1 Å². The third kappa shape index (κ3) is 7.37. The highest BCUT2D eigenvalue weighted by Crippen LogP contribution is 1.99. The van der Waals surface area contributed by atoms with Gasteiger partial charge in [0.2, 0.25) is 0 Å². The van der Waals surface area contributed by atoms with Crippen molar-refractivity contribution in [3.8, 4) is 0 Å². The van der Waals surface area contributed by atoms with Gasteiger partial charge in [-0.2, -0.15) is 0 Å². The number of hydrogen-bond acceptors (Lipinski definition) is 2. The molecule has 0 spiro atoms. The van der Waals surface area contributed by atoms with Crippen LogP contribution in [-0.4, -0.2) is 57.2 Å². The number of piperazine rings is 1. The van der Waals surface area contributed by atoms with E-state index in [0.29, 0.717) is 6.54 Å².